The molecule has 0 heterocycles. The number of anilines is 1. The van der Waals surface area contributed by atoms with Crippen molar-refractivity contribution in [3.63, 3.8) is 0 Å². The lowest BCUT2D eigenvalue weighted by atomic mass is 10.1. The summed E-state index contributed by atoms with van der Waals surface area (Å²) in [5, 5.41) is 23.9. The number of carboxylic acids is 1. The number of nitrogens with zero attached hydrogens (tertiary/aromatic N) is 1. The third kappa shape index (κ3) is 4.91. The quantitative estimate of drug-likeness (QED) is 0.343. The smallest absolute Gasteiger partial charge is 0.337 e. The van der Waals surface area contributed by atoms with Crippen LogP contribution in [0, 0.1) is 10.1 Å². The zero-order chi connectivity index (χ0) is 21.8. The van der Waals surface area contributed by atoms with Gasteiger partial charge in [-0.25, -0.2) is 4.79 Å². The number of nitro benzene ring substituents is 1. The molecule has 0 aliphatic rings. The summed E-state index contributed by atoms with van der Waals surface area (Å²) >= 11 is 13.0. The molecule has 3 aromatic carbocycles. The zero-order valence-electron chi connectivity index (χ0n) is 15.0. The zero-order valence-corrected chi connectivity index (χ0v) is 17.3. The highest BCUT2D eigenvalue weighted by Gasteiger charge is 2.20. The Morgan fingerprint density at radius 3 is 2.40 bits per heavy atom. The molecule has 0 fully saturated rings. The van der Waals surface area contributed by atoms with Gasteiger partial charge in [0.1, 0.15) is 0 Å². The average molecular weight is 463 g/mol. The summed E-state index contributed by atoms with van der Waals surface area (Å²) in [6, 6.07) is 14.7. The third-order valence-corrected chi connectivity index (χ3v) is 5.74. The minimum absolute atomic E-state index is 0.0142. The van der Waals surface area contributed by atoms with E-state index in [1.54, 1.807) is 24.3 Å². The van der Waals surface area contributed by atoms with E-state index in [4.69, 9.17) is 23.2 Å². The van der Waals surface area contributed by atoms with E-state index in [9.17, 15) is 24.8 Å². The summed E-state index contributed by atoms with van der Waals surface area (Å²) < 4.78 is 0. The first-order valence-electron chi connectivity index (χ1n) is 8.31. The van der Waals surface area contributed by atoms with Crippen LogP contribution in [0.5, 0.6) is 0 Å². The van der Waals surface area contributed by atoms with E-state index in [2.05, 4.69) is 5.32 Å². The standard InChI is InChI=1S/C20H12Cl2N2O5S/c21-14-7-6-12(10-15(14)22)30-18-8-5-11(9-17(18)24(28)29)19(25)23-16-4-2-1-3-13(16)20(26)27/h1-10H,(H,23,25)(H,26,27). The summed E-state index contributed by atoms with van der Waals surface area (Å²) in [4.78, 5) is 35.7. The maximum atomic E-state index is 12.5. The molecule has 0 atom stereocenters. The van der Waals surface area contributed by atoms with Crippen LogP contribution in [0.3, 0.4) is 0 Å². The van der Waals surface area contributed by atoms with Crippen molar-refractivity contribution in [1.29, 1.82) is 0 Å². The van der Waals surface area contributed by atoms with Crippen molar-refractivity contribution < 1.29 is 19.6 Å². The van der Waals surface area contributed by atoms with Crippen molar-refractivity contribution in [2.24, 2.45) is 0 Å². The van der Waals surface area contributed by atoms with E-state index in [0.29, 0.717) is 19.8 Å². The molecule has 2 N–H and O–H groups in total. The molecule has 0 aromatic heterocycles. The molecular weight excluding hydrogens is 451 g/mol. The van der Waals surface area contributed by atoms with Gasteiger partial charge < -0.3 is 10.4 Å². The Morgan fingerprint density at radius 1 is 1.00 bits per heavy atom. The van der Waals surface area contributed by atoms with Crippen LogP contribution in [0.2, 0.25) is 10.0 Å². The summed E-state index contributed by atoms with van der Waals surface area (Å²) in [6.45, 7) is 0. The van der Waals surface area contributed by atoms with E-state index in [1.165, 1.54) is 30.3 Å². The number of carboxylic acid groups (broad SMARTS) is 1. The third-order valence-electron chi connectivity index (χ3n) is 3.94. The first-order valence-corrected chi connectivity index (χ1v) is 9.88. The molecule has 3 rings (SSSR count). The number of nitrogens with one attached hydrogen (secondary N) is 1. The number of nitro groups is 1. The Balaban J connectivity index is 1.89. The van der Waals surface area contributed by atoms with Crippen LogP contribution in [-0.2, 0) is 0 Å². The Bertz CT molecular complexity index is 1170. The number of carbonyl (C=O) groups excluding carboxylic acids is 1. The number of carbonyl (C=O) groups is 2. The number of hydrogen-bond donors (Lipinski definition) is 2. The molecule has 1 amide bonds. The van der Waals surface area contributed by atoms with Crippen LogP contribution in [0.1, 0.15) is 20.7 Å². The molecular formula is C20H12Cl2N2O5S. The van der Waals surface area contributed by atoms with Gasteiger partial charge in [-0.05, 0) is 42.5 Å². The van der Waals surface area contributed by atoms with Gasteiger partial charge >= 0.3 is 5.97 Å². The van der Waals surface area contributed by atoms with Crippen molar-refractivity contribution in [3.05, 3.63) is 92.0 Å². The number of rotatable bonds is 6. The van der Waals surface area contributed by atoms with E-state index in [-0.39, 0.29) is 22.5 Å². The van der Waals surface area contributed by atoms with Gasteiger partial charge in [-0.15, -0.1) is 0 Å². The predicted molar refractivity (Wildman–Crippen MR) is 115 cm³/mol. The first-order chi connectivity index (χ1) is 14.3. The summed E-state index contributed by atoms with van der Waals surface area (Å²) in [5.74, 6) is -1.87. The maximum Gasteiger partial charge on any atom is 0.337 e. The van der Waals surface area contributed by atoms with Crippen LogP contribution >= 0.6 is 35.0 Å². The lowest BCUT2D eigenvalue weighted by molar-refractivity contribution is -0.387. The molecule has 3 aromatic rings. The van der Waals surface area contributed by atoms with Crippen LogP contribution in [0.4, 0.5) is 11.4 Å². The van der Waals surface area contributed by atoms with Gasteiger partial charge in [0, 0.05) is 16.5 Å². The van der Waals surface area contributed by atoms with Gasteiger partial charge in [-0.2, -0.15) is 0 Å². The van der Waals surface area contributed by atoms with Crippen molar-refractivity contribution in [2.75, 3.05) is 5.32 Å². The highest BCUT2D eigenvalue weighted by Crippen LogP contribution is 2.37. The SMILES string of the molecule is O=C(Nc1ccccc1C(=O)O)c1ccc(Sc2ccc(Cl)c(Cl)c2)c([N+](=O)[O-])c1. The van der Waals surface area contributed by atoms with Crippen LogP contribution in [0.25, 0.3) is 0 Å². The molecule has 0 radical (unpaired) electrons. The number of amides is 1. The molecule has 0 aliphatic heterocycles. The van der Waals surface area contributed by atoms with Crippen molar-refractivity contribution in [2.45, 2.75) is 9.79 Å². The molecule has 30 heavy (non-hydrogen) atoms. The molecule has 0 saturated carbocycles. The van der Waals surface area contributed by atoms with Crippen molar-refractivity contribution in [1.82, 2.24) is 0 Å². The monoisotopic (exact) mass is 462 g/mol. The minimum Gasteiger partial charge on any atom is -0.478 e. The largest absolute Gasteiger partial charge is 0.478 e. The van der Waals surface area contributed by atoms with Crippen LogP contribution < -0.4 is 5.32 Å². The van der Waals surface area contributed by atoms with E-state index >= 15 is 0 Å². The van der Waals surface area contributed by atoms with E-state index in [1.807, 2.05) is 0 Å². The van der Waals surface area contributed by atoms with E-state index < -0.39 is 16.8 Å². The Hall–Kier alpha value is -3.07. The number of para-hydroxylation sites is 1. The van der Waals surface area contributed by atoms with Gasteiger partial charge in [0.2, 0.25) is 0 Å². The van der Waals surface area contributed by atoms with Crippen molar-refractivity contribution in [3.8, 4) is 0 Å². The second-order valence-corrected chi connectivity index (χ2v) is 7.85. The lowest BCUT2D eigenvalue weighted by Gasteiger charge is -2.09. The molecule has 10 heteroatoms. The maximum absolute atomic E-state index is 12.5. The fourth-order valence-corrected chi connectivity index (χ4v) is 3.83. The predicted octanol–water partition coefficient (Wildman–Crippen LogP) is 6.00. The highest BCUT2D eigenvalue weighted by atomic mass is 35.5. The summed E-state index contributed by atoms with van der Waals surface area (Å²) in [5.41, 5.74) is -0.260. The fourth-order valence-electron chi connectivity index (χ4n) is 2.53. The first kappa shape index (κ1) is 21.6. The summed E-state index contributed by atoms with van der Waals surface area (Å²) in [6.07, 6.45) is 0. The van der Waals surface area contributed by atoms with Gasteiger partial charge in [-0.3, -0.25) is 14.9 Å². The number of benzene rings is 3. The molecule has 0 spiro atoms. The van der Waals surface area contributed by atoms with Crippen LogP contribution in [0.15, 0.2) is 70.5 Å². The highest BCUT2D eigenvalue weighted by molar-refractivity contribution is 7.99. The Labute approximate surface area is 184 Å². The molecule has 0 unspecified atom stereocenters. The van der Waals surface area contributed by atoms with Gasteiger partial charge in [-0.1, -0.05) is 47.1 Å². The average Bonchev–Trinajstić information content (AvgIpc) is 2.71. The number of halogens is 2. The van der Waals surface area contributed by atoms with Gasteiger partial charge in [0.05, 0.1) is 31.1 Å². The number of aromatic carboxylic acids is 1. The molecule has 0 saturated heterocycles. The fraction of sp³-hybridized carbons (Fsp3) is 0. The Morgan fingerprint density at radius 2 is 1.73 bits per heavy atom. The second-order valence-electron chi connectivity index (χ2n) is 5.92. The van der Waals surface area contributed by atoms with E-state index in [0.717, 1.165) is 17.8 Å². The molecule has 152 valence electrons. The van der Waals surface area contributed by atoms with Gasteiger partial charge in [0.25, 0.3) is 11.6 Å². The second kappa shape index (κ2) is 9.17. The van der Waals surface area contributed by atoms with Crippen molar-refractivity contribution >= 4 is 58.2 Å². The normalized spacial score (nSPS) is 10.5. The molecule has 0 aliphatic carbocycles. The molecule has 7 nitrogen and oxygen atoms in total. The number of hydrogen-bond acceptors (Lipinski definition) is 5. The lowest BCUT2D eigenvalue weighted by Crippen LogP contribution is -2.15. The topological polar surface area (TPSA) is 110 Å². The summed E-state index contributed by atoms with van der Waals surface area (Å²) in [7, 11) is 0. The van der Waals surface area contributed by atoms with Crippen LogP contribution in [-0.4, -0.2) is 21.9 Å². The van der Waals surface area contributed by atoms with Gasteiger partial charge in [0.15, 0.2) is 0 Å². The Kier molecular flexibility index (Phi) is 6.61. The molecule has 0 bridgehead atoms. The minimum atomic E-state index is -1.20.